The largest absolute Gasteiger partial charge is 0.497 e. The molecule has 214 valence electrons. The minimum Gasteiger partial charge on any atom is -0.497 e. The second kappa shape index (κ2) is 11.8. The van der Waals surface area contributed by atoms with Gasteiger partial charge in [0.15, 0.2) is 0 Å². The van der Waals surface area contributed by atoms with E-state index in [9.17, 15) is 0 Å². The summed E-state index contributed by atoms with van der Waals surface area (Å²) in [7, 11) is 1.66. The number of methoxy groups -OCH3 is 1. The summed E-state index contributed by atoms with van der Waals surface area (Å²) in [5.41, 5.74) is 1.55. The Hall–Kier alpha value is -6.30. The number of hydrogen-bond donors (Lipinski definition) is 0. The predicted octanol–water partition coefficient (Wildman–Crippen LogP) is 6.91. The number of benzene rings is 4. The summed E-state index contributed by atoms with van der Waals surface area (Å²) < 4.78 is 18.8. The van der Waals surface area contributed by atoms with Crippen molar-refractivity contribution in [2.75, 3.05) is 18.6 Å². The van der Waals surface area contributed by atoms with E-state index in [1.807, 2.05) is 36.1 Å². The van der Waals surface area contributed by atoms with E-state index in [0.29, 0.717) is 12.4 Å². The Balaban J connectivity index is 1.51. The van der Waals surface area contributed by atoms with E-state index in [1.54, 1.807) is 7.11 Å². The molecule has 4 nitrogen and oxygen atoms in total. The van der Waals surface area contributed by atoms with Crippen LogP contribution >= 0.6 is 0 Å². The number of ether oxygens (including phenoxy) is 3. The lowest BCUT2D eigenvalue weighted by Gasteiger charge is -2.45. The summed E-state index contributed by atoms with van der Waals surface area (Å²) in [5.74, 6) is 28.3. The molecule has 45 heavy (non-hydrogen) atoms. The predicted molar refractivity (Wildman–Crippen MR) is 181 cm³/mol. The van der Waals surface area contributed by atoms with E-state index in [0.717, 1.165) is 49.9 Å². The van der Waals surface area contributed by atoms with Crippen molar-refractivity contribution in [3.8, 4) is 88.9 Å². The maximum atomic E-state index is 7.14. The molecule has 6 rings (SSSR count). The van der Waals surface area contributed by atoms with Gasteiger partial charge in [-0.1, -0.05) is 30.3 Å². The van der Waals surface area contributed by atoms with Crippen LogP contribution in [0.1, 0.15) is 31.9 Å². The fourth-order valence-electron chi connectivity index (χ4n) is 6.10. The smallest absolute Gasteiger partial charge is 0.222 e. The third kappa shape index (κ3) is 4.83. The minimum absolute atomic E-state index is 0.512. The van der Waals surface area contributed by atoms with Gasteiger partial charge in [0.1, 0.15) is 17.2 Å². The van der Waals surface area contributed by atoms with Crippen LogP contribution in [-0.2, 0) is 5.41 Å². The molecule has 0 saturated heterocycles. The minimum atomic E-state index is -0.988. The first kappa shape index (κ1) is 28.8. The van der Waals surface area contributed by atoms with Crippen molar-refractivity contribution >= 4 is 33.3 Å². The van der Waals surface area contributed by atoms with Crippen molar-refractivity contribution in [3.05, 3.63) is 77.9 Å². The van der Waals surface area contributed by atoms with Crippen LogP contribution in [0.15, 0.2) is 66.7 Å². The molecule has 4 aromatic rings. The summed E-state index contributed by atoms with van der Waals surface area (Å²) in [5, 5.41) is 4.27. The zero-order chi connectivity index (χ0) is 31.4. The van der Waals surface area contributed by atoms with Crippen LogP contribution in [0, 0.1) is 71.7 Å². The first-order chi connectivity index (χ1) is 21.9. The Morgan fingerprint density at radius 3 is 2.29 bits per heavy atom. The summed E-state index contributed by atoms with van der Waals surface area (Å²) >= 11 is 0. The maximum absolute atomic E-state index is 7.14. The van der Waals surface area contributed by atoms with Crippen molar-refractivity contribution in [1.82, 2.24) is 0 Å². The van der Waals surface area contributed by atoms with E-state index < -0.39 is 11.1 Å². The summed E-state index contributed by atoms with van der Waals surface area (Å²) in [6.45, 7) is 6.88. The van der Waals surface area contributed by atoms with Crippen molar-refractivity contribution in [2.24, 2.45) is 0 Å². The van der Waals surface area contributed by atoms with Gasteiger partial charge in [-0.15, -0.1) is 6.42 Å². The monoisotopic (exact) mass is 581 g/mol. The van der Waals surface area contributed by atoms with Crippen molar-refractivity contribution in [1.29, 1.82) is 0 Å². The molecule has 4 heteroatoms. The molecule has 1 unspecified atom stereocenters. The Morgan fingerprint density at radius 2 is 1.56 bits per heavy atom. The molecule has 2 heterocycles. The van der Waals surface area contributed by atoms with Gasteiger partial charge in [0, 0.05) is 52.7 Å². The topological polar surface area (TPSA) is 30.9 Å². The molecule has 0 aliphatic carbocycles. The normalized spacial score (nSPS) is 15.9. The molecule has 1 atom stereocenters. The SMILES string of the molecule is C#CC#CC#CC#CC#CC#CN1c2ccc3ccccc3c2C(C)(C)C12C=Cc1c(cc(OCC)c3cc(OC)ccc13)O2. The second-order valence-electron chi connectivity index (χ2n) is 10.8. The molecule has 2 aliphatic heterocycles. The first-order valence-electron chi connectivity index (χ1n) is 14.4. The molecule has 0 N–H and O–H groups in total. The van der Waals surface area contributed by atoms with Crippen molar-refractivity contribution in [2.45, 2.75) is 31.9 Å². The Morgan fingerprint density at radius 1 is 0.822 bits per heavy atom. The Kier molecular flexibility index (Phi) is 7.53. The lowest BCUT2D eigenvalue weighted by molar-refractivity contribution is 0.0640. The summed E-state index contributed by atoms with van der Waals surface area (Å²) in [6.07, 6.45) is 9.33. The van der Waals surface area contributed by atoms with Gasteiger partial charge in [-0.25, -0.2) is 0 Å². The third-order valence-corrected chi connectivity index (χ3v) is 8.09. The molecule has 0 aromatic heterocycles. The molecule has 0 radical (unpaired) electrons. The van der Waals surface area contributed by atoms with E-state index in [1.165, 1.54) is 0 Å². The molecule has 0 amide bonds. The van der Waals surface area contributed by atoms with Gasteiger partial charge in [-0.05, 0) is 109 Å². The third-order valence-electron chi connectivity index (χ3n) is 8.09. The van der Waals surface area contributed by atoms with E-state index in [-0.39, 0.29) is 0 Å². The van der Waals surface area contributed by atoms with Gasteiger partial charge in [0.2, 0.25) is 5.72 Å². The highest BCUT2D eigenvalue weighted by atomic mass is 16.5. The molecule has 4 aromatic carbocycles. The number of anilines is 1. The first-order valence-corrected chi connectivity index (χ1v) is 14.4. The molecule has 2 aliphatic rings. The summed E-state index contributed by atoms with van der Waals surface area (Å²) in [4.78, 5) is 1.99. The van der Waals surface area contributed by atoms with Gasteiger partial charge in [0.25, 0.3) is 0 Å². The fraction of sp³-hybridized carbons (Fsp3) is 0.171. The molecular formula is C41H27NO3. The number of rotatable bonds is 3. The van der Waals surface area contributed by atoms with Crippen LogP contribution in [0.25, 0.3) is 27.6 Å². The van der Waals surface area contributed by atoms with Crippen LogP contribution in [0.5, 0.6) is 17.2 Å². The zero-order valence-corrected chi connectivity index (χ0v) is 25.4. The highest BCUT2D eigenvalue weighted by Gasteiger charge is 2.59. The average Bonchev–Trinajstić information content (AvgIpc) is 3.23. The zero-order valence-electron chi connectivity index (χ0n) is 25.4. The quantitative estimate of drug-likeness (QED) is 0.246. The van der Waals surface area contributed by atoms with Crippen molar-refractivity contribution in [3.63, 3.8) is 0 Å². The van der Waals surface area contributed by atoms with Gasteiger partial charge in [0.05, 0.1) is 24.8 Å². The van der Waals surface area contributed by atoms with Gasteiger partial charge >= 0.3 is 0 Å². The average molecular weight is 582 g/mol. The maximum Gasteiger partial charge on any atom is 0.222 e. The molecule has 1 spiro atoms. The van der Waals surface area contributed by atoms with Crippen LogP contribution < -0.4 is 19.1 Å². The highest BCUT2D eigenvalue weighted by molar-refractivity contribution is 6.00. The second-order valence-corrected chi connectivity index (χ2v) is 10.8. The van der Waals surface area contributed by atoms with Gasteiger partial charge in [-0.2, -0.15) is 0 Å². The Bertz CT molecular complexity index is 2280. The lowest BCUT2D eigenvalue weighted by atomic mass is 9.74. The molecular weight excluding hydrogens is 554 g/mol. The number of terminal acetylenes is 1. The van der Waals surface area contributed by atoms with Crippen LogP contribution in [0.3, 0.4) is 0 Å². The lowest BCUT2D eigenvalue weighted by Crippen LogP contribution is -2.58. The van der Waals surface area contributed by atoms with Gasteiger partial charge < -0.3 is 14.2 Å². The fourth-order valence-corrected chi connectivity index (χ4v) is 6.10. The number of nitrogens with zero attached hydrogens (tertiary/aromatic N) is 1. The molecule has 0 saturated carbocycles. The Labute approximate surface area is 264 Å². The van der Waals surface area contributed by atoms with Gasteiger partial charge in [-0.3, -0.25) is 4.90 Å². The van der Waals surface area contributed by atoms with Crippen molar-refractivity contribution < 1.29 is 14.2 Å². The molecule has 0 bridgehead atoms. The standard InChI is InChI=1S/C41H27NO3/c1-6-8-9-10-11-12-13-14-15-18-27-42-36-24-21-30-19-16-17-20-32(30)39(36)40(3,4)41(42)26-25-34-33-23-22-31(43-5)28-35(33)37(44-7-2)29-38(34)45-41/h1,16-17,19-26,28-29H,7H2,2-5H3. The van der Waals surface area contributed by atoms with E-state index in [2.05, 4.69) is 128 Å². The highest BCUT2D eigenvalue weighted by Crippen LogP contribution is 2.57. The molecule has 0 fully saturated rings. The number of hydrogen-bond acceptors (Lipinski definition) is 4. The van der Waals surface area contributed by atoms with E-state index in [4.69, 9.17) is 20.6 Å². The van der Waals surface area contributed by atoms with Crippen LogP contribution in [0.4, 0.5) is 5.69 Å². The van der Waals surface area contributed by atoms with Crippen LogP contribution in [-0.4, -0.2) is 19.4 Å². The number of fused-ring (bicyclic) bond motifs is 6. The van der Waals surface area contributed by atoms with Crippen LogP contribution in [0.2, 0.25) is 0 Å². The summed E-state index contributed by atoms with van der Waals surface area (Å²) in [6, 6.07) is 23.9. The van der Waals surface area contributed by atoms with E-state index >= 15 is 0 Å².